The Labute approximate surface area is 174 Å². The molecule has 0 aromatic heterocycles. The number of allylic oxidation sites excluding steroid dienone is 10. The number of hydrogen-bond donors (Lipinski definition) is 2. The summed E-state index contributed by atoms with van der Waals surface area (Å²) in [6, 6.07) is 0. The zero-order chi connectivity index (χ0) is 19.7. The molecule has 0 spiro atoms. The summed E-state index contributed by atoms with van der Waals surface area (Å²) in [6.07, 6.45) is 32.5. The van der Waals surface area contributed by atoms with E-state index in [4.69, 9.17) is 4.74 Å². The van der Waals surface area contributed by atoms with Crippen LogP contribution in [0.1, 0.15) is 64.7 Å². The quantitative estimate of drug-likeness (QED) is 0.109. The Bertz CT molecular complexity index is 424. The van der Waals surface area contributed by atoms with E-state index in [2.05, 4.69) is 85.6 Å². The lowest BCUT2D eigenvalue weighted by atomic mass is 10.2. The van der Waals surface area contributed by atoms with Crippen molar-refractivity contribution in [2.75, 3.05) is 25.6 Å². The summed E-state index contributed by atoms with van der Waals surface area (Å²) in [6.45, 7) is 4.57. The molecule has 0 aliphatic heterocycles. The monoisotopic (exact) mass is 391 g/mol. The van der Waals surface area contributed by atoms with Crippen LogP contribution in [-0.2, 0) is 4.74 Å². The molecule has 0 saturated heterocycles. The third kappa shape index (κ3) is 25.0. The third-order valence-electron chi connectivity index (χ3n) is 3.81. The maximum atomic E-state index is 5.48. The lowest BCUT2D eigenvalue weighted by Crippen LogP contribution is -2.20. The van der Waals surface area contributed by atoms with E-state index in [0.29, 0.717) is 6.73 Å². The Balaban J connectivity index is 3.33. The molecule has 0 aliphatic carbocycles. The molecule has 0 heterocycles. The SMILES string of the molecule is CC/C=C\C/C=C\C/C=C\C/C=C\C/C=C\CCCCCOCNCCS. The maximum Gasteiger partial charge on any atom is 0.0965 e. The number of thiol groups is 1. The summed E-state index contributed by atoms with van der Waals surface area (Å²) in [5.41, 5.74) is 0. The van der Waals surface area contributed by atoms with Gasteiger partial charge in [-0.15, -0.1) is 0 Å². The molecule has 0 unspecified atom stereocenters. The van der Waals surface area contributed by atoms with Crippen molar-refractivity contribution in [1.29, 1.82) is 0 Å². The van der Waals surface area contributed by atoms with E-state index in [-0.39, 0.29) is 0 Å². The van der Waals surface area contributed by atoms with Crippen LogP contribution >= 0.6 is 12.6 Å². The van der Waals surface area contributed by atoms with Crippen molar-refractivity contribution in [3.63, 3.8) is 0 Å². The normalized spacial score (nSPS) is 12.8. The molecule has 27 heavy (non-hydrogen) atoms. The van der Waals surface area contributed by atoms with Crippen molar-refractivity contribution < 1.29 is 4.74 Å². The van der Waals surface area contributed by atoms with Gasteiger partial charge in [0.2, 0.25) is 0 Å². The fraction of sp³-hybridized carbons (Fsp3) is 0.583. The summed E-state index contributed by atoms with van der Waals surface area (Å²) in [5.74, 6) is 0.858. The zero-order valence-corrected chi connectivity index (χ0v) is 18.2. The number of ether oxygens (including phenoxy) is 1. The van der Waals surface area contributed by atoms with Crippen molar-refractivity contribution in [2.24, 2.45) is 0 Å². The topological polar surface area (TPSA) is 21.3 Å². The largest absolute Gasteiger partial charge is 0.366 e. The van der Waals surface area contributed by atoms with Crippen LogP contribution in [0.5, 0.6) is 0 Å². The van der Waals surface area contributed by atoms with Gasteiger partial charge in [0.15, 0.2) is 0 Å². The maximum absolute atomic E-state index is 5.48. The van der Waals surface area contributed by atoms with E-state index in [9.17, 15) is 0 Å². The van der Waals surface area contributed by atoms with E-state index < -0.39 is 0 Å². The highest BCUT2D eigenvalue weighted by Crippen LogP contribution is 2.02. The summed E-state index contributed by atoms with van der Waals surface area (Å²) in [4.78, 5) is 0. The van der Waals surface area contributed by atoms with Crippen LogP contribution in [0.25, 0.3) is 0 Å². The molecule has 0 amide bonds. The Morgan fingerprint density at radius 1 is 0.704 bits per heavy atom. The van der Waals surface area contributed by atoms with Crippen LogP contribution in [0, 0.1) is 0 Å². The molecule has 0 aromatic carbocycles. The molecular weight excluding hydrogens is 350 g/mol. The van der Waals surface area contributed by atoms with E-state index in [0.717, 1.165) is 57.4 Å². The highest BCUT2D eigenvalue weighted by molar-refractivity contribution is 7.80. The van der Waals surface area contributed by atoms with E-state index in [1.807, 2.05) is 0 Å². The second-order valence-corrected chi connectivity index (χ2v) is 6.78. The Kier molecular flexibility index (Phi) is 24.0. The first-order valence-electron chi connectivity index (χ1n) is 10.6. The van der Waals surface area contributed by atoms with Crippen LogP contribution in [0.3, 0.4) is 0 Å². The summed E-state index contributed by atoms with van der Waals surface area (Å²) in [7, 11) is 0. The van der Waals surface area contributed by atoms with Crippen LogP contribution in [0.4, 0.5) is 0 Å². The molecule has 0 aromatic rings. The van der Waals surface area contributed by atoms with Gasteiger partial charge < -0.3 is 4.74 Å². The van der Waals surface area contributed by atoms with Crippen molar-refractivity contribution >= 4 is 12.6 Å². The van der Waals surface area contributed by atoms with Crippen LogP contribution < -0.4 is 5.32 Å². The number of unbranched alkanes of at least 4 members (excludes halogenated alkanes) is 3. The average molecular weight is 392 g/mol. The Hall–Kier alpha value is -1.03. The summed E-state index contributed by atoms with van der Waals surface area (Å²) < 4.78 is 5.48. The molecule has 154 valence electrons. The van der Waals surface area contributed by atoms with Crippen molar-refractivity contribution in [1.82, 2.24) is 5.32 Å². The van der Waals surface area contributed by atoms with E-state index >= 15 is 0 Å². The first-order valence-corrected chi connectivity index (χ1v) is 11.2. The molecule has 0 radical (unpaired) electrons. The predicted molar refractivity (Wildman–Crippen MR) is 126 cm³/mol. The van der Waals surface area contributed by atoms with Gasteiger partial charge in [-0.3, -0.25) is 5.32 Å². The van der Waals surface area contributed by atoms with Gasteiger partial charge in [0.25, 0.3) is 0 Å². The Morgan fingerprint density at radius 3 is 1.81 bits per heavy atom. The molecule has 0 rings (SSSR count). The number of hydrogen-bond acceptors (Lipinski definition) is 3. The van der Waals surface area contributed by atoms with E-state index in [1.54, 1.807) is 0 Å². The standard InChI is InChI=1S/C24H41NOS/c1-2-3-4-5-6-7-8-9-10-11-12-13-14-15-16-17-18-19-20-22-26-24-25-21-23-27/h3-4,6-7,9-10,12-13,15-16,25,27H,2,5,8,11,14,17-24H2,1H3/b4-3-,7-6-,10-9-,13-12-,16-15-. The molecule has 1 N–H and O–H groups in total. The molecule has 0 aliphatic rings. The molecule has 0 saturated carbocycles. The van der Waals surface area contributed by atoms with Gasteiger partial charge in [0, 0.05) is 18.9 Å². The minimum Gasteiger partial charge on any atom is -0.366 e. The summed E-state index contributed by atoms with van der Waals surface area (Å²) >= 11 is 4.13. The van der Waals surface area contributed by atoms with Crippen molar-refractivity contribution in [2.45, 2.75) is 64.7 Å². The third-order valence-corrected chi connectivity index (χ3v) is 4.03. The first kappa shape index (κ1) is 26.0. The van der Waals surface area contributed by atoms with Crippen LogP contribution in [0.15, 0.2) is 60.8 Å². The van der Waals surface area contributed by atoms with Gasteiger partial charge in [0.05, 0.1) is 6.73 Å². The second-order valence-electron chi connectivity index (χ2n) is 6.33. The smallest absolute Gasteiger partial charge is 0.0965 e. The van der Waals surface area contributed by atoms with Crippen molar-refractivity contribution in [3.05, 3.63) is 60.8 Å². The highest BCUT2D eigenvalue weighted by Gasteiger charge is 1.89. The fourth-order valence-corrected chi connectivity index (χ4v) is 2.47. The molecule has 2 nitrogen and oxygen atoms in total. The number of nitrogens with one attached hydrogen (secondary N) is 1. The molecule has 3 heteroatoms. The molecular formula is C24H41NOS. The first-order chi connectivity index (χ1) is 13.4. The van der Waals surface area contributed by atoms with Crippen molar-refractivity contribution in [3.8, 4) is 0 Å². The summed E-state index contributed by atoms with van der Waals surface area (Å²) in [5, 5.41) is 3.17. The fourth-order valence-electron chi connectivity index (χ4n) is 2.31. The molecule has 0 bridgehead atoms. The lowest BCUT2D eigenvalue weighted by molar-refractivity contribution is 0.114. The lowest BCUT2D eigenvalue weighted by Gasteiger charge is -2.04. The molecule has 0 atom stereocenters. The Morgan fingerprint density at radius 2 is 1.26 bits per heavy atom. The van der Waals surface area contributed by atoms with Gasteiger partial charge in [-0.1, -0.05) is 74.1 Å². The number of rotatable bonds is 19. The zero-order valence-electron chi connectivity index (χ0n) is 17.3. The minimum absolute atomic E-state index is 0.648. The second kappa shape index (κ2) is 25.0. The van der Waals surface area contributed by atoms with Gasteiger partial charge in [-0.2, -0.15) is 12.6 Å². The van der Waals surface area contributed by atoms with Crippen LogP contribution in [0.2, 0.25) is 0 Å². The van der Waals surface area contributed by atoms with Gasteiger partial charge in [-0.25, -0.2) is 0 Å². The predicted octanol–water partition coefficient (Wildman–Crippen LogP) is 6.79. The average Bonchev–Trinajstić information content (AvgIpc) is 2.68. The molecule has 0 fully saturated rings. The minimum atomic E-state index is 0.648. The van der Waals surface area contributed by atoms with Gasteiger partial charge >= 0.3 is 0 Å². The van der Waals surface area contributed by atoms with E-state index in [1.165, 1.54) is 19.3 Å². The van der Waals surface area contributed by atoms with Gasteiger partial charge in [0.1, 0.15) is 0 Å². The van der Waals surface area contributed by atoms with Gasteiger partial charge in [-0.05, 0) is 51.4 Å². The van der Waals surface area contributed by atoms with Crippen LogP contribution in [-0.4, -0.2) is 25.6 Å². The highest BCUT2D eigenvalue weighted by atomic mass is 32.1.